The number of nitriles is 1. The van der Waals surface area contributed by atoms with E-state index >= 15 is 0 Å². The van der Waals surface area contributed by atoms with Crippen molar-refractivity contribution >= 4 is 37.8 Å². The molecule has 1 aliphatic heterocycles. The van der Waals surface area contributed by atoms with Gasteiger partial charge in [0.15, 0.2) is 12.0 Å². The summed E-state index contributed by atoms with van der Waals surface area (Å²) >= 11 is 6.74. The Labute approximate surface area is 180 Å². The van der Waals surface area contributed by atoms with Crippen LogP contribution in [0.4, 0.5) is 0 Å². The van der Waals surface area contributed by atoms with E-state index in [1.807, 2.05) is 18.8 Å². The first-order valence-electron chi connectivity index (χ1n) is 8.25. The molecule has 2 heterocycles. The van der Waals surface area contributed by atoms with Crippen LogP contribution in [0, 0.1) is 17.2 Å². The maximum absolute atomic E-state index is 12.1. The van der Waals surface area contributed by atoms with Gasteiger partial charge in [-0.25, -0.2) is 4.79 Å². The van der Waals surface area contributed by atoms with E-state index in [1.54, 1.807) is 12.1 Å². The van der Waals surface area contributed by atoms with Crippen LogP contribution in [0.15, 0.2) is 47.4 Å². The molecule has 3 N–H and O–H groups in total. The summed E-state index contributed by atoms with van der Waals surface area (Å²) in [6.07, 6.45) is 0.760. The molecule has 0 fully saturated rings. The van der Waals surface area contributed by atoms with Crippen molar-refractivity contribution < 1.29 is 9.84 Å². The van der Waals surface area contributed by atoms with Crippen molar-refractivity contribution in [3.8, 4) is 17.5 Å². The lowest BCUT2D eigenvalue weighted by Gasteiger charge is -2.23. The fourth-order valence-electron chi connectivity index (χ4n) is 2.51. The molecule has 0 radical (unpaired) electrons. The average molecular weight is 526 g/mol. The van der Waals surface area contributed by atoms with E-state index in [0.29, 0.717) is 20.3 Å². The largest absolute Gasteiger partial charge is 0.435 e. The van der Waals surface area contributed by atoms with Crippen LogP contribution in [0.25, 0.3) is 5.69 Å². The zero-order valence-electron chi connectivity index (χ0n) is 15.1. The highest BCUT2D eigenvalue weighted by Crippen LogP contribution is 2.36. The molecule has 150 valence electrons. The number of nitrogens with zero attached hydrogens (tertiary/aromatic N) is 4. The van der Waals surface area contributed by atoms with Crippen molar-refractivity contribution in [3.05, 3.63) is 59.3 Å². The fourth-order valence-corrected chi connectivity index (χ4v) is 3.83. The summed E-state index contributed by atoms with van der Waals surface area (Å²) in [6.45, 7) is 3.87. The minimum absolute atomic E-state index is 0.0772. The van der Waals surface area contributed by atoms with Gasteiger partial charge in [-0.05, 0) is 55.5 Å². The molecule has 0 bridgehead atoms. The molecule has 0 saturated carbocycles. The van der Waals surface area contributed by atoms with Crippen molar-refractivity contribution in [1.82, 2.24) is 20.2 Å². The molecule has 1 unspecified atom stereocenters. The number of aromatic nitrogens is 3. The lowest BCUT2D eigenvalue weighted by atomic mass is 10.0. The Morgan fingerprint density at radius 2 is 1.97 bits per heavy atom. The number of nitrogens with one attached hydrogen (secondary N) is 2. The number of hydrogen-bond donors (Lipinski definition) is 3. The molecular formula is C17H14Br2N6O4. The molecule has 1 atom stereocenters. The van der Waals surface area contributed by atoms with Gasteiger partial charge in [0.05, 0.1) is 14.6 Å². The van der Waals surface area contributed by atoms with Gasteiger partial charge in [-0.1, -0.05) is 13.8 Å². The number of hydrazone groups is 1. The molecule has 10 nitrogen and oxygen atoms in total. The molecule has 0 spiro atoms. The molecule has 0 aliphatic carbocycles. The Morgan fingerprint density at radius 1 is 1.31 bits per heavy atom. The van der Waals surface area contributed by atoms with Crippen LogP contribution in [0.1, 0.15) is 19.5 Å². The highest BCUT2D eigenvalue weighted by molar-refractivity contribution is 9.11. The van der Waals surface area contributed by atoms with E-state index in [1.165, 1.54) is 12.1 Å². The number of aromatic amines is 1. The van der Waals surface area contributed by atoms with E-state index < -0.39 is 23.2 Å². The highest BCUT2D eigenvalue weighted by atomic mass is 79.9. The number of rotatable bonds is 3. The number of hydrogen-bond acceptors (Lipinski definition) is 8. The SMILES string of the molecule is CC(C)C1=CC(Oc2c(Br)cc(-n3nc(C#N)c(=O)[nH]c3=O)cc2Br)=NNC1O. The van der Waals surface area contributed by atoms with Crippen molar-refractivity contribution in [2.75, 3.05) is 0 Å². The van der Waals surface area contributed by atoms with Crippen LogP contribution < -0.4 is 21.4 Å². The summed E-state index contributed by atoms with van der Waals surface area (Å²) in [4.78, 5) is 25.6. The summed E-state index contributed by atoms with van der Waals surface area (Å²) in [6, 6.07) is 4.70. The molecule has 3 rings (SSSR count). The second kappa shape index (κ2) is 8.32. The van der Waals surface area contributed by atoms with E-state index in [0.717, 1.165) is 4.68 Å². The summed E-state index contributed by atoms with van der Waals surface area (Å²) < 4.78 is 7.62. The summed E-state index contributed by atoms with van der Waals surface area (Å²) in [5, 5.41) is 26.7. The maximum Gasteiger partial charge on any atom is 0.349 e. The quantitative estimate of drug-likeness (QED) is 0.550. The average Bonchev–Trinajstić information content (AvgIpc) is 2.65. The van der Waals surface area contributed by atoms with Crippen LogP contribution in [-0.2, 0) is 0 Å². The van der Waals surface area contributed by atoms with E-state index in [4.69, 9.17) is 10.00 Å². The molecule has 29 heavy (non-hydrogen) atoms. The zero-order valence-corrected chi connectivity index (χ0v) is 18.3. The lowest BCUT2D eigenvalue weighted by Crippen LogP contribution is -2.34. The molecular weight excluding hydrogens is 512 g/mol. The van der Waals surface area contributed by atoms with Crippen LogP contribution >= 0.6 is 31.9 Å². The molecule has 1 aromatic heterocycles. The fraction of sp³-hybridized carbons (Fsp3) is 0.235. The van der Waals surface area contributed by atoms with Gasteiger partial charge in [-0.3, -0.25) is 15.2 Å². The van der Waals surface area contributed by atoms with Crippen molar-refractivity contribution in [2.45, 2.75) is 20.1 Å². The first-order valence-corrected chi connectivity index (χ1v) is 9.83. The second-order valence-corrected chi connectivity index (χ2v) is 7.96. The first kappa shape index (κ1) is 21.0. The third-order valence-corrected chi connectivity index (χ3v) is 5.12. The zero-order chi connectivity index (χ0) is 21.3. The van der Waals surface area contributed by atoms with Crippen molar-refractivity contribution in [1.29, 1.82) is 5.26 Å². The number of H-pyrrole nitrogens is 1. The Hall–Kier alpha value is -2.75. The molecule has 1 aliphatic rings. The normalized spacial score (nSPS) is 16.0. The van der Waals surface area contributed by atoms with Crippen LogP contribution in [0.2, 0.25) is 0 Å². The first-order chi connectivity index (χ1) is 13.7. The third-order valence-electron chi connectivity index (χ3n) is 3.94. The molecule has 2 aromatic rings. The van der Waals surface area contributed by atoms with Crippen LogP contribution in [-0.4, -0.2) is 32.0 Å². The Kier molecular flexibility index (Phi) is 6.02. The number of aliphatic hydroxyl groups excluding tert-OH is 1. The smallest absolute Gasteiger partial charge is 0.349 e. The van der Waals surface area contributed by atoms with Gasteiger partial charge in [-0.2, -0.15) is 9.94 Å². The monoisotopic (exact) mass is 524 g/mol. The van der Waals surface area contributed by atoms with Gasteiger partial charge in [0.1, 0.15) is 6.07 Å². The number of benzene rings is 1. The predicted molar refractivity (Wildman–Crippen MR) is 111 cm³/mol. The summed E-state index contributed by atoms with van der Waals surface area (Å²) in [7, 11) is 0. The van der Waals surface area contributed by atoms with Crippen LogP contribution in [0.5, 0.6) is 5.75 Å². The van der Waals surface area contributed by atoms with E-state index in [9.17, 15) is 14.7 Å². The third kappa shape index (κ3) is 4.31. The Bertz CT molecular complexity index is 1170. The summed E-state index contributed by atoms with van der Waals surface area (Å²) in [5.74, 6) is 0.677. The van der Waals surface area contributed by atoms with Gasteiger partial charge >= 0.3 is 5.69 Å². The van der Waals surface area contributed by atoms with Crippen molar-refractivity contribution in [2.24, 2.45) is 11.0 Å². The van der Waals surface area contributed by atoms with E-state index in [-0.39, 0.29) is 17.5 Å². The molecule has 12 heteroatoms. The van der Waals surface area contributed by atoms with E-state index in [2.05, 4.69) is 47.5 Å². The number of halogens is 2. The van der Waals surface area contributed by atoms with Crippen molar-refractivity contribution in [3.63, 3.8) is 0 Å². The molecule has 0 saturated heterocycles. The van der Waals surface area contributed by atoms with Gasteiger partial charge in [0.2, 0.25) is 11.6 Å². The maximum atomic E-state index is 12.1. The standard InChI is InChI=1S/C17H14Br2N6O4/c1-7(2)9-5-13(22-23-15(9)26)29-14-10(18)3-8(4-11(14)19)25-17(28)21-16(27)12(6-20)24-25/h3-5,7,15,23,26H,1-2H3,(H,21,27,28). The van der Waals surface area contributed by atoms with Crippen LogP contribution in [0.3, 0.4) is 0 Å². The summed E-state index contributed by atoms with van der Waals surface area (Å²) in [5.41, 5.74) is 1.50. The lowest BCUT2D eigenvalue weighted by molar-refractivity contribution is 0.161. The minimum atomic E-state index is -0.885. The highest BCUT2D eigenvalue weighted by Gasteiger charge is 2.21. The number of aliphatic hydroxyl groups is 1. The second-order valence-electron chi connectivity index (χ2n) is 6.25. The molecule has 1 aromatic carbocycles. The van der Waals surface area contributed by atoms with Gasteiger partial charge < -0.3 is 9.84 Å². The van der Waals surface area contributed by atoms with Gasteiger partial charge in [-0.15, -0.1) is 10.2 Å². The topological polar surface area (TPSA) is 145 Å². The van der Waals surface area contributed by atoms with Gasteiger partial charge in [0, 0.05) is 6.08 Å². The number of ether oxygens (including phenoxy) is 1. The molecule has 0 amide bonds. The Morgan fingerprint density at radius 3 is 2.55 bits per heavy atom. The Balaban J connectivity index is 1.99. The minimum Gasteiger partial charge on any atom is -0.435 e. The predicted octanol–water partition coefficient (Wildman–Crippen LogP) is 1.51. The van der Waals surface area contributed by atoms with Gasteiger partial charge in [0.25, 0.3) is 5.56 Å².